The molecule has 0 spiro atoms. The molecule has 54 heavy (non-hydrogen) atoms. The summed E-state index contributed by atoms with van der Waals surface area (Å²) in [5.41, 5.74) is 6.53. The number of hydrogen-bond donors (Lipinski definition) is 6. The lowest BCUT2D eigenvalue weighted by Gasteiger charge is -2.30. The van der Waals surface area contributed by atoms with Gasteiger partial charge in [-0.15, -0.1) is 0 Å². The standard InChI is InChI=1S/C38H52N10O6/c1-19(2)31(45-37(51)53-5)35(49)47-11-7-9-29(47)33-39-17-27(43-33)25-14-21-13-22-15-26(42-24(22)16-23(21)41-25)28-18-40-34(44-28)30-10-8-12-48(30)36(50)32(20(3)4)46-38(52)54-6/h13,16-20,25-26,29-32,41-42H,7-12,14-15H2,1-6H3,(H,39,43)(H,40,44)(H,45,51)(H,46,52)/t25?,26?,29?,30?,31-,32?/m0/s1. The van der Waals surface area contributed by atoms with Crippen molar-refractivity contribution in [1.82, 2.24) is 40.4 Å². The lowest BCUT2D eigenvalue weighted by Crippen LogP contribution is -2.51. The molecular formula is C38H52N10O6. The molecule has 2 fully saturated rings. The number of fused-ring (bicyclic) bond motifs is 2. The molecule has 4 aliphatic heterocycles. The first-order chi connectivity index (χ1) is 25.9. The Labute approximate surface area is 314 Å². The summed E-state index contributed by atoms with van der Waals surface area (Å²) in [6, 6.07) is 2.72. The van der Waals surface area contributed by atoms with E-state index in [1.54, 1.807) is 0 Å². The molecule has 4 aliphatic rings. The van der Waals surface area contributed by atoms with Gasteiger partial charge in [0.25, 0.3) is 0 Å². The molecule has 2 saturated heterocycles. The van der Waals surface area contributed by atoms with Crippen LogP contribution in [0.1, 0.15) is 112 Å². The number of anilines is 2. The van der Waals surface area contributed by atoms with Crippen molar-refractivity contribution in [3.63, 3.8) is 0 Å². The molecule has 6 N–H and O–H groups in total. The molecule has 0 aliphatic carbocycles. The van der Waals surface area contributed by atoms with E-state index < -0.39 is 24.3 Å². The number of nitrogens with zero attached hydrogens (tertiary/aromatic N) is 4. The van der Waals surface area contributed by atoms with Gasteiger partial charge in [0.1, 0.15) is 23.7 Å². The first kappa shape index (κ1) is 37.1. The highest BCUT2D eigenvalue weighted by Crippen LogP contribution is 2.43. The lowest BCUT2D eigenvalue weighted by atomic mass is 10.0. The van der Waals surface area contributed by atoms with E-state index in [1.807, 2.05) is 49.9 Å². The minimum absolute atomic E-state index is 0.0138. The SMILES string of the molecule is COC(=O)NC(C(=O)N1CCCC1c1ncc(C2Cc3cc4c(cc3N2)NC(c2cnc(C3CCCN3C(=O)[C@@H](NC(=O)OC)C(C)C)[nH]2)C4)[nH]1)C(C)C. The van der Waals surface area contributed by atoms with Gasteiger partial charge in [0, 0.05) is 37.3 Å². The summed E-state index contributed by atoms with van der Waals surface area (Å²) >= 11 is 0. The number of ether oxygens (including phenoxy) is 2. The Balaban J connectivity index is 0.986. The molecule has 3 aromatic rings. The van der Waals surface area contributed by atoms with Crippen LogP contribution in [0.25, 0.3) is 0 Å². The fourth-order valence-corrected chi connectivity index (χ4v) is 8.38. The van der Waals surface area contributed by atoms with Crippen molar-refractivity contribution in [1.29, 1.82) is 0 Å². The maximum absolute atomic E-state index is 13.6. The predicted molar refractivity (Wildman–Crippen MR) is 199 cm³/mol. The van der Waals surface area contributed by atoms with Gasteiger partial charge in [-0.3, -0.25) is 9.59 Å². The number of alkyl carbamates (subject to hydrolysis) is 2. The Kier molecular flexibility index (Phi) is 10.4. The normalized spacial score (nSPS) is 22.7. The van der Waals surface area contributed by atoms with E-state index in [4.69, 9.17) is 19.4 Å². The highest BCUT2D eigenvalue weighted by Gasteiger charge is 2.40. The van der Waals surface area contributed by atoms with Crippen molar-refractivity contribution in [2.45, 2.75) is 102 Å². The van der Waals surface area contributed by atoms with Crippen LogP contribution < -0.4 is 21.3 Å². The number of rotatable bonds is 10. The molecule has 5 unspecified atom stereocenters. The molecule has 16 nitrogen and oxygen atoms in total. The topological polar surface area (TPSA) is 199 Å². The molecule has 2 aromatic heterocycles. The number of likely N-dealkylation sites (tertiary alicyclic amines) is 2. The van der Waals surface area contributed by atoms with Crippen LogP contribution in [0.4, 0.5) is 21.0 Å². The Morgan fingerprint density at radius 3 is 1.52 bits per heavy atom. The summed E-state index contributed by atoms with van der Waals surface area (Å²) in [5, 5.41) is 12.8. The van der Waals surface area contributed by atoms with E-state index in [0.29, 0.717) is 13.1 Å². The number of aromatic nitrogens is 4. The van der Waals surface area contributed by atoms with E-state index in [9.17, 15) is 19.2 Å². The van der Waals surface area contributed by atoms with Gasteiger partial charge in [-0.25, -0.2) is 19.6 Å². The maximum Gasteiger partial charge on any atom is 0.407 e. The van der Waals surface area contributed by atoms with Gasteiger partial charge in [0.2, 0.25) is 11.8 Å². The zero-order chi connectivity index (χ0) is 38.3. The summed E-state index contributed by atoms with van der Waals surface area (Å²) < 4.78 is 9.53. The van der Waals surface area contributed by atoms with Crippen molar-refractivity contribution < 1.29 is 28.7 Å². The van der Waals surface area contributed by atoms with Gasteiger partial charge in [-0.05, 0) is 54.7 Å². The van der Waals surface area contributed by atoms with E-state index in [-0.39, 0.29) is 47.8 Å². The summed E-state index contributed by atoms with van der Waals surface area (Å²) in [5.74, 6) is 1.04. The second-order valence-electron chi connectivity index (χ2n) is 15.5. The first-order valence-electron chi connectivity index (χ1n) is 19.0. The van der Waals surface area contributed by atoms with Crippen LogP contribution in [0.3, 0.4) is 0 Å². The number of carbonyl (C=O) groups excluding carboxylic acids is 4. The zero-order valence-corrected chi connectivity index (χ0v) is 31.8. The summed E-state index contributed by atoms with van der Waals surface area (Å²) in [6.45, 7) is 8.83. The fraction of sp³-hybridized carbons (Fsp3) is 0.579. The zero-order valence-electron chi connectivity index (χ0n) is 31.8. The minimum atomic E-state index is -0.682. The average Bonchev–Trinajstić information content (AvgIpc) is 4.00. The predicted octanol–water partition coefficient (Wildman–Crippen LogP) is 4.64. The number of carbonyl (C=O) groups is 4. The number of imidazole rings is 2. The Morgan fingerprint density at radius 2 is 1.13 bits per heavy atom. The third-order valence-corrected chi connectivity index (χ3v) is 11.3. The third kappa shape index (κ3) is 7.17. The van der Waals surface area contributed by atoms with Crippen LogP contribution in [0.5, 0.6) is 0 Å². The fourth-order valence-electron chi connectivity index (χ4n) is 8.38. The smallest absolute Gasteiger partial charge is 0.407 e. The number of benzene rings is 1. The molecule has 6 heterocycles. The monoisotopic (exact) mass is 744 g/mol. The molecule has 7 rings (SSSR count). The Hall–Kier alpha value is -5.28. The average molecular weight is 745 g/mol. The minimum Gasteiger partial charge on any atom is -0.453 e. The molecule has 0 bridgehead atoms. The molecule has 0 radical (unpaired) electrons. The molecular weight excluding hydrogens is 692 g/mol. The van der Waals surface area contributed by atoms with Crippen LogP contribution in [0, 0.1) is 11.8 Å². The van der Waals surface area contributed by atoms with Gasteiger partial charge in [-0.2, -0.15) is 0 Å². The number of methoxy groups -OCH3 is 2. The highest BCUT2D eigenvalue weighted by atomic mass is 16.5. The van der Waals surface area contributed by atoms with Crippen LogP contribution in [-0.4, -0.2) is 93.1 Å². The van der Waals surface area contributed by atoms with Gasteiger partial charge in [0.15, 0.2) is 0 Å². The lowest BCUT2D eigenvalue weighted by molar-refractivity contribution is -0.136. The molecule has 0 saturated carbocycles. The molecule has 16 heteroatoms. The van der Waals surface area contributed by atoms with Gasteiger partial charge in [0.05, 0.1) is 62.2 Å². The largest absolute Gasteiger partial charge is 0.453 e. The molecule has 6 atom stereocenters. The second kappa shape index (κ2) is 15.2. The Bertz CT molecular complexity index is 1720. The maximum atomic E-state index is 13.6. The summed E-state index contributed by atoms with van der Waals surface area (Å²) in [6.07, 6.45) is 7.38. The third-order valence-electron chi connectivity index (χ3n) is 11.3. The van der Waals surface area contributed by atoms with Crippen molar-refractivity contribution in [2.75, 3.05) is 37.9 Å². The van der Waals surface area contributed by atoms with Crippen LogP contribution >= 0.6 is 0 Å². The van der Waals surface area contributed by atoms with Gasteiger partial charge >= 0.3 is 12.2 Å². The second-order valence-corrected chi connectivity index (χ2v) is 15.5. The summed E-state index contributed by atoms with van der Waals surface area (Å²) in [7, 11) is 2.59. The molecule has 1 aromatic carbocycles. The quantitative estimate of drug-likeness (QED) is 0.170. The van der Waals surface area contributed by atoms with Gasteiger partial charge < -0.3 is 50.5 Å². The van der Waals surface area contributed by atoms with E-state index in [2.05, 4.69) is 43.4 Å². The van der Waals surface area contributed by atoms with Crippen LogP contribution in [-0.2, 0) is 31.9 Å². The number of nitrogens with one attached hydrogen (secondary N) is 6. The van der Waals surface area contributed by atoms with E-state index >= 15 is 0 Å². The summed E-state index contributed by atoms with van der Waals surface area (Å²) in [4.78, 5) is 71.3. The van der Waals surface area contributed by atoms with Crippen molar-refractivity contribution in [3.05, 3.63) is 58.7 Å². The Morgan fingerprint density at radius 1 is 0.704 bits per heavy atom. The van der Waals surface area contributed by atoms with Gasteiger partial charge in [-0.1, -0.05) is 33.8 Å². The van der Waals surface area contributed by atoms with Crippen LogP contribution in [0.2, 0.25) is 0 Å². The van der Waals surface area contributed by atoms with E-state index in [0.717, 1.165) is 72.9 Å². The van der Waals surface area contributed by atoms with Crippen molar-refractivity contribution in [3.8, 4) is 0 Å². The number of hydrogen-bond acceptors (Lipinski definition) is 10. The number of aromatic amines is 2. The molecule has 290 valence electrons. The first-order valence-corrected chi connectivity index (χ1v) is 19.0. The van der Waals surface area contributed by atoms with Crippen molar-refractivity contribution in [2.24, 2.45) is 11.8 Å². The number of H-pyrrole nitrogens is 2. The van der Waals surface area contributed by atoms with Crippen LogP contribution in [0.15, 0.2) is 24.5 Å². The van der Waals surface area contributed by atoms with E-state index in [1.165, 1.54) is 25.3 Å². The van der Waals surface area contributed by atoms with Crippen molar-refractivity contribution >= 4 is 35.4 Å². The number of amides is 4. The highest BCUT2D eigenvalue weighted by molar-refractivity contribution is 5.87. The molecule has 4 amide bonds.